The number of anilines is 1. The Morgan fingerprint density at radius 3 is 2.13 bits per heavy atom. The SMILES string of the molecule is COc1ccc(S(=O)(=O)Nc2cc3c(cc2Oc2cccc(OCc4ccccc4)c2)n(C)c(=O)n3C)cc1. The highest BCUT2D eigenvalue weighted by molar-refractivity contribution is 7.92. The van der Waals surface area contributed by atoms with Gasteiger partial charge in [-0.1, -0.05) is 36.4 Å². The molecule has 5 aromatic rings. The van der Waals surface area contributed by atoms with Gasteiger partial charge in [0.25, 0.3) is 10.0 Å². The van der Waals surface area contributed by atoms with Crippen molar-refractivity contribution < 1.29 is 22.6 Å². The Bertz CT molecular complexity index is 1790. The van der Waals surface area contributed by atoms with Crippen LogP contribution in [0.2, 0.25) is 0 Å². The number of hydrogen-bond donors (Lipinski definition) is 1. The molecule has 1 aromatic heterocycles. The standard InChI is InChI=1S/C29H27N3O6S/c1-31-26-17-25(30-39(34,35)24-14-12-21(36-3)13-15-24)28(18-27(26)32(2)29(31)33)38-23-11-7-10-22(16-23)37-19-20-8-5-4-6-9-20/h4-18,30H,19H2,1-3H3. The summed E-state index contributed by atoms with van der Waals surface area (Å²) in [6, 6.07) is 26.1. The van der Waals surface area contributed by atoms with E-state index >= 15 is 0 Å². The summed E-state index contributed by atoms with van der Waals surface area (Å²) in [4.78, 5) is 12.6. The summed E-state index contributed by atoms with van der Waals surface area (Å²) in [5, 5.41) is 0. The summed E-state index contributed by atoms with van der Waals surface area (Å²) in [5.41, 5.74) is 2.08. The topological polar surface area (TPSA) is 101 Å². The summed E-state index contributed by atoms with van der Waals surface area (Å²) < 4.78 is 49.3. The number of hydrogen-bond acceptors (Lipinski definition) is 6. The van der Waals surface area contributed by atoms with Crippen LogP contribution in [0.15, 0.2) is 101 Å². The highest BCUT2D eigenvalue weighted by Crippen LogP contribution is 2.36. The first-order valence-electron chi connectivity index (χ1n) is 12.1. The molecule has 4 aromatic carbocycles. The second-order valence-corrected chi connectivity index (χ2v) is 10.6. The van der Waals surface area contributed by atoms with Crippen LogP contribution in [0.25, 0.3) is 11.0 Å². The van der Waals surface area contributed by atoms with Crippen LogP contribution in [0.5, 0.6) is 23.0 Å². The molecule has 0 bridgehead atoms. The maximum atomic E-state index is 13.3. The maximum absolute atomic E-state index is 13.3. The van der Waals surface area contributed by atoms with Crippen molar-refractivity contribution in [2.45, 2.75) is 11.5 Å². The van der Waals surface area contributed by atoms with Gasteiger partial charge >= 0.3 is 5.69 Å². The van der Waals surface area contributed by atoms with E-state index < -0.39 is 10.0 Å². The lowest BCUT2D eigenvalue weighted by atomic mass is 10.2. The van der Waals surface area contributed by atoms with Crippen molar-refractivity contribution in [2.24, 2.45) is 14.1 Å². The van der Waals surface area contributed by atoms with Crippen LogP contribution in [0, 0.1) is 0 Å². The molecule has 10 heteroatoms. The normalized spacial score (nSPS) is 11.4. The quantitative estimate of drug-likeness (QED) is 0.278. The van der Waals surface area contributed by atoms with Crippen molar-refractivity contribution in [3.05, 3.63) is 107 Å². The Labute approximate surface area is 225 Å². The molecule has 0 aliphatic carbocycles. The lowest BCUT2D eigenvalue weighted by molar-refractivity contribution is 0.304. The lowest BCUT2D eigenvalue weighted by Crippen LogP contribution is -2.19. The third-order valence-electron chi connectivity index (χ3n) is 6.27. The van der Waals surface area contributed by atoms with Gasteiger partial charge in [0.05, 0.1) is 28.7 Å². The molecule has 0 spiro atoms. The van der Waals surface area contributed by atoms with E-state index in [1.54, 1.807) is 56.6 Å². The average molecular weight is 546 g/mol. The van der Waals surface area contributed by atoms with Crippen LogP contribution >= 0.6 is 0 Å². The molecule has 0 saturated heterocycles. The molecular weight excluding hydrogens is 518 g/mol. The van der Waals surface area contributed by atoms with Gasteiger partial charge in [-0.3, -0.25) is 13.9 Å². The highest BCUT2D eigenvalue weighted by Gasteiger charge is 2.20. The highest BCUT2D eigenvalue weighted by atomic mass is 32.2. The van der Waals surface area contributed by atoms with Gasteiger partial charge in [0.15, 0.2) is 5.75 Å². The van der Waals surface area contributed by atoms with Crippen LogP contribution in [0.4, 0.5) is 5.69 Å². The van der Waals surface area contributed by atoms with E-state index in [1.807, 2.05) is 36.4 Å². The number of nitrogens with zero attached hydrogens (tertiary/aromatic N) is 2. The zero-order valence-electron chi connectivity index (χ0n) is 21.6. The minimum absolute atomic E-state index is 0.0487. The van der Waals surface area contributed by atoms with E-state index in [0.717, 1.165) is 5.56 Å². The number of aromatic nitrogens is 2. The van der Waals surface area contributed by atoms with Crippen LogP contribution < -0.4 is 24.6 Å². The van der Waals surface area contributed by atoms with Crippen molar-refractivity contribution in [3.63, 3.8) is 0 Å². The fourth-order valence-corrected chi connectivity index (χ4v) is 5.21. The van der Waals surface area contributed by atoms with Crippen molar-refractivity contribution in [2.75, 3.05) is 11.8 Å². The van der Waals surface area contributed by atoms with Gasteiger partial charge in [-0.25, -0.2) is 13.2 Å². The molecule has 5 rings (SSSR count). The van der Waals surface area contributed by atoms with Crippen LogP contribution in [0.3, 0.4) is 0 Å². The molecule has 1 heterocycles. The zero-order chi connectivity index (χ0) is 27.6. The fraction of sp³-hybridized carbons (Fsp3) is 0.138. The number of rotatable bonds is 9. The molecule has 0 atom stereocenters. The third kappa shape index (κ3) is 5.46. The van der Waals surface area contributed by atoms with Gasteiger partial charge in [0.2, 0.25) is 0 Å². The maximum Gasteiger partial charge on any atom is 0.328 e. The fourth-order valence-electron chi connectivity index (χ4n) is 4.14. The van der Waals surface area contributed by atoms with Gasteiger partial charge in [-0.15, -0.1) is 0 Å². The van der Waals surface area contributed by atoms with E-state index in [2.05, 4.69) is 4.72 Å². The van der Waals surface area contributed by atoms with Crippen molar-refractivity contribution >= 4 is 26.7 Å². The number of imidazole rings is 1. The Morgan fingerprint density at radius 1 is 0.769 bits per heavy atom. The molecule has 0 radical (unpaired) electrons. The average Bonchev–Trinajstić information content (AvgIpc) is 3.15. The molecule has 0 saturated carbocycles. The van der Waals surface area contributed by atoms with Gasteiger partial charge < -0.3 is 14.2 Å². The zero-order valence-corrected chi connectivity index (χ0v) is 22.4. The van der Waals surface area contributed by atoms with Crippen molar-refractivity contribution in [1.82, 2.24) is 9.13 Å². The minimum Gasteiger partial charge on any atom is -0.497 e. The van der Waals surface area contributed by atoms with Crippen LogP contribution in [-0.2, 0) is 30.7 Å². The second kappa shape index (κ2) is 10.6. The summed E-state index contributed by atoms with van der Waals surface area (Å²) in [5.74, 6) is 1.78. The van der Waals surface area contributed by atoms with Crippen LogP contribution in [-0.4, -0.2) is 24.7 Å². The van der Waals surface area contributed by atoms with Crippen molar-refractivity contribution in [1.29, 1.82) is 0 Å². The molecule has 0 amide bonds. The third-order valence-corrected chi connectivity index (χ3v) is 7.65. The minimum atomic E-state index is -3.99. The lowest BCUT2D eigenvalue weighted by Gasteiger charge is -2.15. The van der Waals surface area contributed by atoms with Gasteiger partial charge in [-0.05, 0) is 48.0 Å². The molecule has 1 N–H and O–H groups in total. The summed E-state index contributed by atoms with van der Waals surface area (Å²) >= 11 is 0. The molecule has 39 heavy (non-hydrogen) atoms. The predicted molar refractivity (Wildman–Crippen MR) is 149 cm³/mol. The Morgan fingerprint density at radius 2 is 1.44 bits per heavy atom. The molecule has 9 nitrogen and oxygen atoms in total. The van der Waals surface area contributed by atoms with E-state index in [1.165, 1.54) is 28.4 Å². The second-order valence-electron chi connectivity index (χ2n) is 8.87. The monoisotopic (exact) mass is 545 g/mol. The summed E-state index contributed by atoms with van der Waals surface area (Å²) in [6.07, 6.45) is 0. The molecule has 0 unspecified atom stereocenters. The number of benzene rings is 4. The Kier molecular flexibility index (Phi) is 7.03. The number of fused-ring (bicyclic) bond motifs is 1. The summed E-state index contributed by atoms with van der Waals surface area (Å²) in [6.45, 7) is 0.384. The van der Waals surface area contributed by atoms with Crippen molar-refractivity contribution in [3.8, 4) is 23.0 Å². The van der Waals surface area contributed by atoms with E-state index in [-0.39, 0.29) is 22.0 Å². The number of ether oxygens (including phenoxy) is 3. The molecular formula is C29H27N3O6S. The number of sulfonamides is 1. The van der Waals surface area contributed by atoms with Gasteiger partial charge in [0, 0.05) is 26.2 Å². The largest absolute Gasteiger partial charge is 0.497 e. The molecule has 0 aliphatic heterocycles. The Hall–Kier alpha value is -4.70. The molecule has 200 valence electrons. The predicted octanol–water partition coefficient (Wildman–Crippen LogP) is 5.06. The smallest absolute Gasteiger partial charge is 0.328 e. The number of nitrogens with one attached hydrogen (secondary N) is 1. The van der Waals surface area contributed by atoms with Gasteiger partial charge in [0.1, 0.15) is 23.9 Å². The Balaban J connectivity index is 1.50. The number of methoxy groups -OCH3 is 1. The first-order valence-corrected chi connectivity index (χ1v) is 13.5. The number of aryl methyl sites for hydroxylation is 2. The molecule has 0 fully saturated rings. The summed E-state index contributed by atoms with van der Waals surface area (Å²) in [7, 11) is 0.789. The van der Waals surface area contributed by atoms with E-state index in [0.29, 0.717) is 34.9 Å². The first-order chi connectivity index (χ1) is 18.7. The van der Waals surface area contributed by atoms with E-state index in [4.69, 9.17) is 14.2 Å². The van der Waals surface area contributed by atoms with E-state index in [9.17, 15) is 13.2 Å². The van der Waals surface area contributed by atoms with Crippen LogP contribution in [0.1, 0.15) is 5.56 Å². The first kappa shape index (κ1) is 25.9. The van der Waals surface area contributed by atoms with Gasteiger partial charge in [-0.2, -0.15) is 0 Å². The molecule has 0 aliphatic rings.